The Morgan fingerprint density at radius 2 is 2.12 bits per heavy atom. The Balaban J connectivity index is 1.85. The van der Waals surface area contributed by atoms with Gasteiger partial charge in [-0.1, -0.05) is 34.1 Å². The van der Waals surface area contributed by atoms with Crippen LogP contribution in [0, 0.1) is 5.41 Å². The molecule has 0 aliphatic heterocycles. The van der Waals surface area contributed by atoms with E-state index in [1.807, 2.05) is 24.3 Å². The van der Waals surface area contributed by atoms with Crippen LogP contribution in [-0.4, -0.2) is 17.6 Å². The molecule has 86 valence electrons. The van der Waals surface area contributed by atoms with Gasteiger partial charge >= 0.3 is 5.97 Å². The molecule has 1 saturated carbocycles. The van der Waals surface area contributed by atoms with Crippen LogP contribution in [-0.2, 0) is 11.3 Å². The van der Waals surface area contributed by atoms with Gasteiger partial charge in [0.05, 0.1) is 5.41 Å². The second-order valence-corrected chi connectivity index (χ2v) is 5.13. The summed E-state index contributed by atoms with van der Waals surface area (Å²) in [4.78, 5) is 10.9. The van der Waals surface area contributed by atoms with E-state index in [1.54, 1.807) is 0 Å². The van der Waals surface area contributed by atoms with Crippen molar-refractivity contribution in [3.8, 4) is 0 Å². The van der Waals surface area contributed by atoms with Crippen LogP contribution in [0.2, 0.25) is 0 Å². The fourth-order valence-electron chi connectivity index (χ4n) is 1.70. The van der Waals surface area contributed by atoms with Gasteiger partial charge in [0, 0.05) is 17.6 Å². The zero-order valence-electron chi connectivity index (χ0n) is 8.87. The van der Waals surface area contributed by atoms with Gasteiger partial charge in [0.2, 0.25) is 0 Å². The summed E-state index contributed by atoms with van der Waals surface area (Å²) in [5.41, 5.74) is 0.671. The molecule has 1 aliphatic rings. The summed E-state index contributed by atoms with van der Waals surface area (Å²) in [6.07, 6.45) is 1.59. The summed E-state index contributed by atoms with van der Waals surface area (Å²) in [6, 6.07) is 7.96. The number of halogens is 1. The van der Waals surface area contributed by atoms with Crippen LogP contribution in [0.5, 0.6) is 0 Å². The number of carboxylic acids is 1. The molecule has 3 nitrogen and oxygen atoms in total. The Hall–Kier alpha value is -0.870. The molecule has 0 unspecified atom stereocenters. The molecule has 0 radical (unpaired) electrons. The van der Waals surface area contributed by atoms with Crippen molar-refractivity contribution >= 4 is 21.9 Å². The molecule has 0 heterocycles. The van der Waals surface area contributed by atoms with Crippen molar-refractivity contribution in [2.75, 3.05) is 6.54 Å². The minimum Gasteiger partial charge on any atom is -0.481 e. The largest absolute Gasteiger partial charge is 0.481 e. The average molecular weight is 284 g/mol. The highest BCUT2D eigenvalue weighted by molar-refractivity contribution is 9.10. The number of carboxylic acid groups (broad SMARTS) is 1. The van der Waals surface area contributed by atoms with E-state index in [-0.39, 0.29) is 0 Å². The second-order valence-electron chi connectivity index (χ2n) is 4.28. The highest BCUT2D eigenvalue weighted by Crippen LogP contribution is 2.45. The molecule has 1 aliphatic carbocycles. The number of hydrogen-bond acceptors (Lipinski definition) is 2. The van der Waals surface area contributed by atoms with Gasteiger partial charge in [0.1, 0.15) is 0 Å². The van der Waals surface area contributed by atoms with Crippen molar-refractivity contribution in [1.82, 2.24) is 5.32 Å². The van der Waals surface area contributed by atoms with Crippen molar-refractivity contribution in [2.45, 2.75) is 19.4 Å². The average Bonchev–Trinajstić information content (AvgIpc) is 3.02. The van der Waals surface area contributed by atoms with E-state index >= 15 is 0 Å². The van der Waals surface area contributed by atoms with Crippen LogP contribution in [0.1, 0.15) is 18.4 Å². The maximum absolute atomic E-state index is 10.9. The van der Waals surface area contributed by atoms with E-state index < -0.39 is 11.4 Å². The molecule has 4 heteroatoms. The molecule has 0 bridgehead atoms. The standard InChI is InChI=1S/C12H14BrNO2/c13-10-4-2-1-3-9(10)7-14-8-12(5-6-12)11(15)16/h1-4,14H,5-8H2,(H,15,16). The molecule has 0 aromatic heterocycles. The fraction of sp³-hybridized carbons (Fsp3) is 0.417. The van der Waals surface area contributed by atoms with Gasteiger partial charge in [-0.3, -0.25) is 4.79 Å². The molecular weight excluding hydrogens is 270 g/mol. The van der Waals surface area contributed by atoms with Gasteiger partial charge < -0.3 is 10.4 Å². The van der Waals surface area contributed by atoms with Crippen molar-refractivity contribution in [3.63, 3.8) is 0 Å². The normalized spacial score (nSPS) is 17.1. The van der Waals surface area contributed by atoms with Crippen LogP contribution >= 0.6 is 15.9 Å². The van der Waals surface area contributed by atoms with E-state index in [9.17, 15) is 4.79 Å². The molecule has 1 aromatic rings. The summed E-state index contributed by atoms with van der Waals surface area (Å²) < 4.78 is 1.06. The predicted octanol–water partition coefficient (Wildman–Crippen LogP) is 2.40. The zero-order chi connectivity index (χ0) is 11.6. The molecule has 0 atom stereocenters. The highest BCUT2D eigenvalue weighted by atomic mass is 79.9. The fourth-order valence-corrected chi connectivity index (χ4v) is 2.12. The van der Waals surface area contributed by atoms with Crippen molar-refractivity contribution in [2.24, 2.45) is 5.41 Å². The van der Waals surface area contributed by atoms with Crippen molar-refractivity contribution in [1.29, 1.82) is 0 Å². The molecule has 2 rings (SSSR count). The van der Waals surface area contributed by atoms with E-state index in [0.717, 1.165) is 22.9 Å². The lowest BCUT2D eigenvalue weighted by Crippen LogP contribution is -2.29. The second kappa shape index (κ2) is 4.55. The van der Waals surface area contributed by atoms with E-state index in [2.05, 4.69) is 21.2 Å². The summed E-state index contributed by atoms with van der Waals surface area (Å²) in [7, 11) is 0. The minimum atomic E-state index is -0.674. The number of aliphatic carboxylic acids is 1. The summed E-state index contributed by atoms with van der Waals surface area (Å²) in [6.45, 7) is 1.26. The highest BCUT2D eigenvalue weighted by Gasteiger charge is 2.49. The third-order valence-corrected chi connectivity index (χ3v) is 3.82. The molecule has 0 spiro atoms. The quantitative estimate of drug-likeness (QED) is 0.873. The van der Waals surface area contributed by atoms with Gasteiger partial charge in [-0.15, -0.1) is 0 Å². The van der Waals surface area contributed by atoms with Gasteiger partial charge in [0.25, 0.3) is 0 Å². The summed E-state index contributed by atoms with van der Waals surface area (Å²) >= 11 is 3.47. The topological polar surface area (TPSA) is 49.3 Å². The maximum atomic E-state index is 10.9. The van der Waals surface area contributed by atoms with Crippen LogP contribution in [0.3, 0.4) is 0 Å². The maximum Gasteiger partial charge on any atom is 0.310 e. The van der Waals surface area contributed by atoms with Gasteiger partial charge in [-0.25, -0.2) is 0 Å². The number of nitrogens with one attached hydrogen (secondary N) is 1. The summed E-state index contributed by atoms with van der Waals surface area (Å²) in [5.74, 6) is -0.674. The number of carbonyl (C=O) groups is 1. The van der Waals surface area contributed by atoms with E-state index in [0.29, 0.717) is 13.1 Å². The van der Waals surface area contributed by atoms with E-state index in [1.165, 1.54) is 0 Å². The number of benzene rings is 1. The molecular formula is C12H14BrNO2. The van der Waals surface area contributed by atoms with Crippen LogP contribution in [0.25, 0.3) is 0 Å². The first-order chi connectivity index (χ1) is 7.64. The first-order valence-corrected chi connectivity index (χ1v) is 6.11. The molecule has 16 heavy (non-hydrogen) atoms. The summed E-state index contributed by atoms with van der Waals surface area (Å²) in [5, 5.41) is 12.2. The smallest absolute Gasteiger partial charge is 0.310 e. The third-order valence-electron chi connectivity index (χ3n) is 3.04. The number of hydrogen-bond donors (Lipinski definition) is 2. The zero-order valence-corrected chi connectivity index (χ0v) is 10.5. The molecule has 0 saturated heterocycles. The van der Waals surface area contributed by atoms with Gasteiger partial charge in [-0.05, 0) is 24.5 Å². The SMILES string of the molecule is O=C(O)C1(CNCc2ccccc2Br)CC1. The Morgan fingerprint density at radius 1 is 1.44 bits per heavy atom. The van der Waals surface area contributed by atoms with Crippen molar-refractivity contribution in [3.05, 3.63) is 34.3 Å². The molecule has 2 N–H and O–H groups in total. The monoisotopic (exact) mass is 283 g/mol. The molecule has 1 fully saturated rings. The molecule has 1 aromatic carbocycles. The van der Waals surface area contributed by atoms with Gasteiger partial charge in [-0.2, -0.15) is 0 Å². The number of rotatable bonds is 5. The third kappa shape index (κ3) is 2.44. The van der Waals surface area contributed by atoms with Crippen molar-refractivity contribution < 1.29 is 9.90 Å². The van der Waals surface area contributed by atoms with Crippen LogP contribution in [0.4, 0.5) is 0 Å². The predicted molar refractivity (Wildman–Crippen MR) is 65.2 cm³/mol. The van der Waals surface area contributed by atoms with Crippen LogP contribution < -0.4 is 5.32 Å². The Bertz CT molecular complexity index is 402. The lowest BCUT2D eigenvalue weighted by molar-refractivity contribution is -0.143. The first-order valence-electron chi connectivity index (χ1n) is 5.32. The minimum absolute atomic E-state index is 0.485. The van der Waals surface area contributed by atoms with Gasteiger partial charge in [0.15, 0.2) is 0 Å². The Kier molecular flexibility index (Phi) is 3.30. The van der Waals surface area contributed by atoms with Crippen LogP contribution in [0.15, 0.2) is 28.7 Å². The Labute approximate surface area is 103 Å². The molecule has 0 amide bonds. The lowest BCUT2D eigenvalue weighted by Gasteiger charge is -2.11. The Morgan fingerprint density at radius 3 is 2.69 bits per heavy atom. The lowest BCUT2D eigenvalue weighted by atomic mass is 10.1. The first kappa shape index (κ1) is 11.6. The van der Waals surface area contributed by atoms with E-state index in [4.69, 9.17) is 5.11 Å².